The molecule has 0 aliphatic heterocycles. The van der Waals surface area contributed by atoms with Gasteiger partial charge in [0.05, 0.1) is 11.9 Å². The Morgan fingerprint density at radius 3 is 2.78 bits per heavy atom. The number of pyridine rings is 1. The molecular formula is C13H10BrN3S. The Labute approximate surface area is 117 Å². The number of hydrogen-bond donors (Lipinski definition) is 0. The minimum Gasteiger partial charge on any atom is -0.247 e. The van der Waals surface area contributed by atoms with Crippen LogP contribution in [0.1, 0.15) is 5.69 Å². The molecule has 0 amide bonds. The van der Waals surface area contributed by atoms with Crippen LogP contribution in [0.3, 0.4) is 0 Å². The number of aryl methyl sites for hydroxylation is 1. The van der Waals surface area contributed by atoms with E-state index >= 15 is 0 Å². The van der Waals surface area contributed by atoms with Crippen LogP contribution in [0.5, 0.6) is 0 Å². The minimum atomic E-state index is 0.836. The van der Waals surface area contributed by atoms with Gasteiger partial charge in [-0.2, -0.15) is 9.19 Å². The normalized spacial score (nSPS) is 11.0. The van der Waals surface area contributed by atoms with Gasteiger partial charge in [-0.3, -0.25) is 0 Å². The lowest BCUT2D eigenvalue weighted by Crippen LogP contribution is -1.89. The summed E-state index contributed by atoms with van der Waals surface area (Å²) < 4.78 is 2.75. The highest BCUT2D eigenvalue weighted by Gasteiger charge is 2.09. The monoisotopic (exact) mass is 319 g/mol. The van der Waals surface area contributed by atoms with Gasteiger partial charge in [0.25, 0.3) is 0 Å². The third kappa shape index (κ3) is 2.15. The first kappa shape index (κ1) is 11.7. The maximum atomic E-state index is 4.54. The van der Waals surface area contributed by atoms with Gasteiger partial charge in [-0.05, 0) is 41.1 Å². The average Bonchev–Trinajstić information content (AvgIpc) is 2.67. The first-order valence-electron chi connectivity index (χ1n) is 5.48. The zero-order chi connectivity index (χ0) is 12.5. The number of benzene rings is 1. The molecule has 0 aliphatic carbocycles. The first-order chi connectivity index (χ1) is 8.74. The van der Waals surface area contributed by atoms with Gasteiger partial charge in [-0.15, -0.1) is 0 Å². The van der Waals surface area contributed by atoms with Gasteiger partial charge in [0.1, 0.15) is 10.1 Å². The summed E-state index contributed by atoms with van der Waals surface area (Å²) in [6.07, 6.45) is 1.84. The summed E-state index contributed by atoms with van der Waals surface area (Å²) in [6, 6.07) is 12.2. The standard InChI is InChI=1S/C13H10BrN3S/c1-9-11-7-13(14)15-8-12(11)17(16-9)18-10-5-3-2-4-6-10/h2-8H,1H3. The Balaban J connectivity index is 2.08. The number of aromatic nitrogens is 3. The van der Waals surface area contributed by atoms with E-state index in [1.165, 1.54) is 0 Å². The average molecular weight is 320 g/mol. The highest BCUT2D eigenvalue weighted by molar-refractivity contribution is 9.10. The molecule has 0 saturated carbocycles. The summed E-state index contributed by atoms with van der Waals surface area (Å²) in [5.74, 6) is 0. The van der Waals surface area contributed by atoms with E-state index in [9.17, 15) is 0 Å². The molecule has 18 heavy (non-hydrogen) atoms. The van der Waals surface area contributed by atoms with Crippen molar-refractivity contribution in [3.63, 3.8) is 0 Å². The summed E-state index contributed by atoms with van der Waals surface area (Å²) in [7, 11) is 0. The lowest BCUT2D eigenvalue weighted by Gasteiger charge is -2.01. The van der Waals surface area contributed by atoms with Crippen molar-refractivity contribution < 1.29 is 0 Å². The fourth-order valence-electron chi connectivity index (χ4n) is 1.76. The van der Waals surface area contributed by atoms with Gasteiger partial charge >= 0.3 is 0 Å². The summed E-state index contributed by atoms with van der Waals surface area (Å²) in [5, 5.41) is 5.67. The molecule has 2 heterocycles. The maximum absolute atomic E-state index is 4.54. The lowest BCUT2D eigenvalue weighted by molar-refractivity contribution is 0.998. The molecule has 3 rings (SSSR count). The fourth-order valence-corrected chi connectivity index (χ4v) is 2.98. The Morgan fingerprint density at radius 1 is 1.22 bits per heavy atom. The summed E-state index contributed by atoms with van der Waals surface area (Å²) >= 11 is 4.98. The minimum absolute atomic E-state index is 0.836. The van der Waals surface area contributed by atoms with Crippen molar-refractivity contribution in [1.29, 1.82) is 0 Å². The van der Waals surface area contributed by atoms with Crippen molar-refractivity contribution in [3.05, 3.63) is 52.9 Å². The van der Waals surface area contributed by atoms with Crippen LogP contribution in [-0.4, -0.2) is 14.2 Å². The van der Waals surface area contributed by atoms with Gasteiger partial charge in [0, 0.05) is 22.2 Å². The fraction of sp³-hybridized carbons (Fsp3) is 0.0769. The van der Waals surface area contributed by atoms with Crippen LogP contribution in [0.15, 0.2) is 52.1 Å². The largest absolute Gasteiger partial charge is 0.247 e. The molecule has 1 aromatic carbocycles. The lowest BCUT2D eigenvalue weighted by atomic mass is 10.3. The predicted octanol–water partition coefficient (Wildman–Crippen LogP) is 4.06. The van der Waals surface area contributed by atoms with Crippen LogP contribution in [0.25, 0.3) is 10.9 Å². The zero-order valence-corrected chi connectivity index (χ0v) is 12.1. The number of fused-ring (bicyclic) bond motifs is 1. The molecule has 0 radical (unpaired) electrons. The van der Waals surface area contributed by atoms with Crippen molar-refractivity contribution in [2.45, 2.75) is 11.8 Å². The molecule has 0 N–H and O–H groups in total. The third-order valence-corrected chi connectivity index (χ3v) is 3.99. The van der Waals surface area contributed by atoms with Gasteiger partial charge in [-0.25, -0.2) is 4.98 Å². The Hall–Kier alpha value is -1.33. The number of halogens is 1. The van der Waals surface area contributed by atoms with Crippen LogP contribution >= 0.6 is 27.9 Å². The predicted molar refractivity (Wildman–Crippen MR) is 77.7 cm³/mol. The second kappa shape index (κ2) is 4.74. The van der Waals surface area contributed by atoms with E-state index in [4.69, 9.17) is 0 Å². The highest BCUT2D eigenvalue weighted by atomic mass is 79.9. The third-order valence-electron chi connectivity index (χ3n) is 2.62. The van der Waals surface area contributed by atoms with Crippen LogP contribution < -0.4 is 0 Å². The molecule has 0 saturated heterocycles. The second-order valence-electron chi connectivity index (χ2n) is 3.89. The van der Waals surface area contributed by atoms with E-state index in [2.05, 4.69) is 38.1 Å². The summed E-state index contributed by atoms with van der Waals surface area (Å²) in [4.78, 5) is 5.42. The van der Waals surface area contributed by atoms with E-state index in [0.717, 1.165) is 26.1 Å². The van der Waals surface area contributed by atoms with Crippen LogP contribution in [0.4, 0.5) is 0 Å². The van der Waals surface area contributed by atoms with Crippen molar-refractivity contribution in [2.24, 2.45) is 0 Å². The van der Waals surface area contributed by atoms with Gasteiger partial charge in [-0.1, -0.05) is 18.2 Å². The van der Waals surface area contributed by atoms with Crippen LogP contribution in [0.2, 0.25) is 0 Å². The van der Waals surface area contributed by atoms with E-state index in [1.807, 2.05) is 41.5 Å². The van der Waals surface area contributed by atoms with Gasteiger partial charge in [0.2, 0.25) is 0 Å². The molecule has 90 valence electrons. The molecule has 0 fully saturated rings. The Kier molecular flexibility index (Phi) is 3.09. The van der Waals surface area contributed by atoms with Gasteiger partial charge < -0.3 is 0 Å². The van der Waals surface area contributed by atoms with Crippen molar-refractivity contribution in [2.75, 3.05) is 0 Å². The quantitative estimate of drug-likeness (QED) is 0.667. The van der Waals surface area contributed by atoms with Crippen molar-refractivity contribution in [3.8, 4) is 0 Å². The van der Waals surface area contributed by atoms with Crippen LogP contribution in [0, 0.1) is 6.92 Å². The molecule has 0 spiro atoms. The van der Waals surface area contributed by atoms with Gasteiger partial charge in [0.15, 0.2) is 0 Å². The topological polar surface area (TPSA) is 30.7 Å². The Morgan fingerprint density at radius 2 is 2.00 bits per heavy atom. The smallest absolute Gasteiger partial charge is 0.106 e. The molecule has 3 nitrogen and oxygen atoms in total. The molecule has 0 atom stereocenters. The molecule has 0 unspecified atom stereocenters. The zero-order valence-electron chi connectivity index (χ0n) is 9.67. The molecular weight excluding hydrogens is 310 g/mol. The first-order valence-corrected chi connectivity index (χ1v) is 7.05. The molecule has 5 heteroatoms. The summed E-state index contributed by atoms with van der Waals surface area (Å²) in [6.45, 7) is 2.01. The summed E-state index contributed by atoms with van der Waals surface area (Å²) in [5.41, 5.74) is 2.04. The number of nitrogens with zero attached hydrogens (tertiary/aromatic N) is 3. The van der Waals surface area contributed by atoms with E-state index in [-0.39, 0.29) is 0 Å². The maximum Gasteiger partial charge on any atom is 0.106 e. The molecule has 3 aromatic rings. The molecule has 0 bridgehead atoms. The Bertz CT molecular complexity index is 694. The number of rotatable bonds is 2. The van der Waals surface area contributed by atoms with E-state index in [1.54, 1.807) is 11.9 Å². The van der Waals surface area contributed by atoms with Crippen LogP contribution in [-0.2, 0) is 0 Å². The molecule has 0 aliphatic rings. The highest BCUT2D eigenvalue weighted by Crippen LogP contribution is 2.27. The van der Waals surface area contributed by atoms with Crippen molar-refractivity contribution in [1.82, 2.24) is 14.2 Å². The second-order valence-corrected chi connectivity index (χ2v) is 5.70. The number of hydrogen-bond acceptors (Lipinski definition) is 3. The van der Waals surface area contributed by atoms with E-state index < -0.39 is 0 Å². The SMILES string of the molecule is Cc1nn(Sc2ccccc2)c2cnc(Br)cc12. The molecule has 2 aromatic heterocycles. The van der Waals surface area contributed by atoms with Crippen molar-refractivity contribution >= 4 is 38.8 Å². The van der Waals surface area contributed by atoms with E-state index in [0.29, 0.717) is 0 Å².